The van der Waals surface area contributed by atoms with E-state index in [0.29, 0.717) is 0 Å². The van der Waals surface area contributed by atoms with Crippen LogP contribution in [0.5, 0.6) is 0 Å². The van der Waals surface area contributed by atoms with E-state index in [1.54, 1.807) is 0 Å². The van der Waals surface area contributed by atoms with Gasteiger partial charge < -0.3 is 0 Å². The summed E-state index contributed by atoms with van der Waals surface area (Å²) >= 11 is 0. The van der Waals surface area contributed by atoms with E-state index in [9.17, 15) is 21.9 Å². The van der Waals surface area contributed by atoms with E-state index in [1.807, 2.05) is 0 Å². The second-order valence-corrected chi connectivity index (χ2v) is 6.54. The lowest BCUT2D eigenvalue weighted by Gasteiger charge is -2.12. The Morgan fingerprint density at radius 3 is 2.17 bits per heavy atom. The summed E-state index contributed by atoms with van der Waals surface area (Å²) in [7, 11) is -8.73. The molecule has 18 heavy (non-hydrogen) atoms. The van der Waals surface area contributed by atoms with E-state index in [1.165, 1.54) is 6.92 Å². The molecule has 0 aliphatic carbocycles. The van der Waals surface area contributed by atoms with Crippen molar-refractivity contribution in [2.24, 2.45) is 5.14 Å². The molecule has 101 valence electrons. The maximum absolute atomic E-state index is 11.4. The summed E-state index contributed by atoms with van der Waals surface area (Å²) in [5, 5.41) is 15.6. The first-order chi connectivity index (χ1) is 8.09. The van der Waals surface area contributed by atoms with Crippen molar-refractivity contribution in [1.29, 1.82) is 0 Å². The molecule has 0 amide bonds. The van der Waals surface area contributed by atoms with Gasteiger partial charge in [-0.15, -0.1) is 0 Å². The molecule has 1 rings (SSSR count). The van der Waals surface area contributed by atoms with Crippen molar-refractivity contribution in [2.45, 2.75) is 23.1 Å². The lowest BCUT2D eigenvalue weighted by atomic mass is 10.1. The van der Waals surface area contributed by atoms with Crippen LogP contribution in [0.15, 0.2) is 21.9 Å². The smallest absolute Gasteiger partial charge is 0.282 e. The second kappa shape index (κ2) is 4.94. The van der Waals surface area contributed by atoms with Crippen molar-refractivity contribution in [3.8, 4) is 0 Å². The highest BCUT2D eigenvalue weighted by molar-refractivity contribution is 7.89. The van der Waals surface area contributed by atoms with Gasteiger partial charge in [0, 0.05) is 6.42 Å². The van der Waals surface area contributed by atoms with Crippen LogP contribution in [0.3, 0.4) is 0 Å². The fourth-order valence-corrected chi connectivity index (χ4v) is 3.58. The molecule has 0 bridgehead atoms. The summed E-state index contributed by atoms with van der Waals surface area (Å²) in [5.41, 5.74) is -0.0525. The van der Waals surface area contributed by atoms with E-state index < -0.39 is 36.5 Å². The second-order valence-electron chi connectivity index (χ2n) is 3.65. The maximum atomic E-state index is 11.4. The van der Waals surface area contributed by atoms with Gasteiger partial charge in [-0.1, -0.05) is 6.07 Å². The first kappa shape index (κ1) is 15.1. The Morgan fingerprint density at radius 2 is 1.78 bits per heavy atom. The molecule has 0 fully saturated rings. The zero-order valence-corrected chi connectivity index (χ0v) is 11.1. The molecule has 1 aromatic carbocycles. The third-order valence-corrected chi connectivity index (χ3v) is 4.51. The number of benzene rings is 1. The van der Waals surface area contributed by atoms with Crippen molar-refractivity contribution < 1.29 is 26.5 Å². The predicted octanol–water partition coefficient (Wildman–Crippen LogP) is -0.138. The highest BCUT2D eigenvalue weighted by Crippen LogP contribution is 2.26. The summed E-state index contributed by atoms with van der Waals surface area (Å²) in [4.78, 5) is -0.963. The Hall–Kier alpha value is -1.00. The molecule has 0 aliphatic rings. The molecule has 0 spiro atoms. The standard InChI is InChI=1S/C9H12NO6S2/c1-6-8(18(14,15)16)3-2-7(4-5-11)9(6)17(10,12)13/h2-3H,4-5H2,1H3,(H2,10,12,13)(H,14,15,16). The van der Waals surface area contributed by atoms with Gasteiger partial charge in [0.15, 0.2) is 0 Å². The third-order valence-electron chi connectivity index (χ3n) is 2.37. The average molecular weight is 294 g/mol. The van der Waals surface area contributed by atoms with Crippen molar-refractivity contribution in [1.82, 2.24) is 0 Å². The highest BCUT2D eigenvalue weighted by Gasteiger charge is 2.23. The first-order valence-electron chi connectivity index (χ1n) is 4.80. The Balaban J connectivity index is 3.72. The Kier molecular flexibility index (Phi) is 4.13. The summed E-state index contributed by atoms with van der Waals surface area (Å²) in [5.74, 6) is 0. The van der Waals surface area contributed by atoms with Gasteiger partial charge in [0.05, 0.1) is 16.4 Å². The van der Waals surface area contributed by atoms with Crippen LogP contribution < -0.4 is 5.14 Å². The maximum Gasteiger partial charge on any atom is 0.294 e. The molecule has 7 nitrogen and oxygen atoms in total. The zero-order valence-electron chi connectivity index (χ0n) is 9.45. The van der Waals surface area contributed by atoms with E-state index in [2.05, 4.69) is 0 Å². The molecule has 0 saturated carbocycles. The number of hydrogen-bond donors (Lipinski definition) is 2. The molecule has 0 unspecified atom stereocenters. The molecule has 0 aliphatic heterocycles. The van der Waals surface area contributed by atoms with Gasteiger partial charge in [0.1, 0.15) is 0 Å². The van der Waals surface area contributed by atoms with Gasteiger partial charge >= 0.3 is 0 Å². The van der Waals surface area contributed by atoms with Crippen molar-refractivity contribution in [3.63, 3.8) is 0 Å². The van der Waals surface area contributed by atoms with Crippen molar-refractivity contribution in [2.75, 3.05) is 6.61 Å². The highest BCUT2D eigenvalue weighted by atomic mass is 32.2. The fraction of sp³-hybridized carbons (Fsp3) is 0.333. The van der Waals surface area contributed by atoms with Gasteiger partial charge in [-0.3, -0.25) is 4.55 Å². The van der Waals surface area contributed by atoms with Crippen LogP contribution in [0.4, 0.5) is 0 Å². The van der Waals surface area contributed by atoms with Gasteiger partial charge in [0.2, 0.25) is 10.0 Å². The van der Waals surface area contributed by atoms with E-state index in [0.717, 1.165) is 12.1 Å². The lowest BCUT2D eigenvalue weighted by Crippen LogP contribution is -2.18. The van der Waals surface area contributed by atoms with Crippen LogP contribution in [0.25, 0.3) is 0 Å². The molecule has 0 saturated heterocycles. The molecule has 0 heterocycles. The Labute approximate surface area is 105 Å². The topological polar surface area (TPSA) is 134 Å². The number of sulfonamides is 1. The third kappa shape index (κ3) is 3.06. The van der Waals surface area contributed by atoms with Crippen LogP contribution in [-0.2, 0) is 31.7 Å². The summed E-state index contributed by atoms with van der Waals surface area (Å²) in [6, 6.07) is 2.21. The normalized spacial score (nSPS) is 12.7. The van der Waals surface area contributed by atoms with Gasteiger partial charge in [0.25, 0.3) is 10.1 Å². The lowest BCUT2D eigenvalue weighted by molar-refractivity contribution is 0.196. The van der Waals surface area contributed by atoms with Crippen LogP contribution in [0, 0.1) is 6.92 Å². The average Bonchev–Trinajstić information content (AvgIpc) is 2.13. The van der Waals surface area contributed by atoms with E-state index >= 15 is 0 Å². The fourth-order valence-electron chi connectivity index (χ4n) is 1.71. The SMILES string of the molecule is Cc1c(S(=O)(=O)O)ccc(CC[O])c1S(N)(=O)=O. The number of primary sulfonamides is 1. The number of hydrogen-bond acceptors (Lipinski definition) is 4. The number of rotatable bonds is 4. The molecular weight excluding hydrogens is 282 g/mol. The zero-order chi connectivity index (χ0) is 14.1. The molecule has 0 aromatic heterocycles. The van der Waals surface area contributed by atoms with Gasteiger partial charge in [-0.2, -0.15) is 8.42 Å². The Bertz CT molecular complexity index is 663. The predicted molar refractivity (Wildman–Crippen MR) is 61.6 cm³/mol. The van der Waals surface area contributed by atoms with Gasteiger partial charge in [-0.25, -0.2) is 18.7 Å². The first-order valence-corrected chi connectivity index (χ1v) is 7.78. The molecule has 1 aromatic rings. The largest absolute Gasteiger partial charge is 0.294 e. The van der Waals surface area contributed by atoms with Crippen LogP contribution in [-0.4, -0.2) is 28.0 Å². The minimum atomic E-state index is -4.55. The minimum Gasteiger partial charge on any atom is -0.282 e. The van der Waals surface area contributed by atoms with E-state index in [-0.39, 0.29) is 17.5 Å². The monoisotopic (exact) mass is 294 g/mol. The minimum absolute atomic E-state index is 0.0988. The summed E-state index contributed by atoms with van der Waals surface area (Å²) in [6.45, 7) is 0.643. The molecular formula is C9H12NO6S2. The van der Waals surface area contributed by atoms with Crippen LogP contribution in [0.2, 0.25) is 0 Å². The summed E-state index contributed by atoms with van der Waals surface area (Å²) < 4.78 is 53.9. The van der Waals surface area contributed by atoms with Crippen molar-refractivity contribution >= 4 is 20.1 Å². The van der Waals surface area contributed by atoms with Gasteiger partial charge in [-0.05, 0) is 24.1 Å². The van der Waals surface area contributed by atoms with Crippen molar-refractivity contribution in [3.05, 3.63) is 23.3 Å². The van der Waals surface area contributed by atoms with E-state index in [4.69, 9.17) is 9.69 Å². The number of nitrogens with two attached hydrogens (primary N) is 1. The molecule has 9 heteroatoms. The molecule has 0 atom stereocenters. The van der Waals surface area contributed by atoms with Crippen LogP contribution >= 0.6 is 0 Å². The molecule has 1 radical (unpaired) electrons. The van der Waals surface area contributed by atoms with Crippen LogP contribution in [0.1, 0.15) is 11.1 Å². The Morgan fingerprint density at radius 1 is 1.22 bits per heavy atom. The quantitative estimate of drug-likeness (QED) is 0.745. The molecule has 3 N–H and O–H groups in total. The summed E-state index contributed by atoms with van der Waals surface area (Å²) in [6.07, 6.45) is -0.0988.